The van der Waals surface area contributed by atoms with Crippen molar-refractivity contribution in [1.29, 1.82) is 0 Å². The van der Waals surface area contributed by atoms with Gasteiger partial charge in [-0.1, -0.05) is 18.2 Å². The van der Waals surface area contributed by atoms with Gasteiger partial charge in [0.25, 0.3) is 5.56 Å². The minimum absolute atomic E-state index is 0.148. The second-order valence-electron chi connectivity index (χ2n) is 4.83. The monoisotopic (exact) mass is 276 g/mol. The van der Waals surface area contributed by atoms with E-state index in [1.165, 1.54) is 0 Å². The summed E-state index contributed by atoms with van der Waals surface area (Å²) in [6.45, 7) is 0. The summed E-state index contributed by atoms with van der Waals surface area (Å²) in [6.07, 6.45) is 5.44. The topological polar surface area (TPSA) is 76.8 Å². The molecule has 4 rings (SSSR count). The van der Waals surface area contributed by atoms with Crippen molar-refractivity contribution in [2.75, 3.05) is 0 Å². The molecule has 1 aliphatic heterocycles. The summed E-state index contributed by atoms with van der Waals surface area (Å²) < 4.78 is 0. The molecule has 0 fully saturated rings. The quantitative estimate of drug-likeness (QED) is 0.603. The highest BCUT2D eigenvalue weighted by molar-refractivity contribution is 6.15. The van der Waals surface area contributed by atoms with Gasteiger partial charge in [-0.2, -0.15) is 0 Å². The summed E-state index contributed by atoms with van der Waals surface area (Å²) in [5.74, 6) is 0. The predicted octanol–water partition coefficient (Wildman–Crippen LogP) is 0.775. The first-order chi connectivity index (χ1) is 10.3. The number of benzene rings is 1. The van der Waals surface area contributed by atoms with Crippen LogP contribution < -0.4 is 16.1 Å². The standard InChI is InChI=1S/C16H12N4O/c21-16-12(8-10-4-3-7-17-10)15(19-20-16)13-9-18-14-6-2-1-5-11(13)14/h1-9,17,19H,(H,20,21)/b12-8+,15-13+. The number of nitrogens with zero attached hydrogens (tertiary/aromatic N) is 1. The maximum absolute atomic E-state index is 12.0. The molecule has 2 aromatic heterocycles. The van der Waals surface area contributed by atoms with E-state index in [1.54, 1.807) is 6.21 Å². The Hall–Kier alpha value is -3.08. The Morgan fingerprint density at radius 2 is 1.95 bits per heavy atom. The number of aliphatic imine (C=N–C) groups is 1. The van der Waals surface area contributed by atoms with Gasteiger partial charge in [0.2, 0.25) is 0 Å². The lowest BCUT2D eigenvalue weighted by molar-refractivity contribution is 1.03. The van der Waals surface area contributed by atoms with Crippen LogP contribution in [0.1, 0.15) is 11.3 Å². The summed E-state index contributed by atoms with van der Waals surface area (Å²) in [6, 6.07) is 11.7. The summed E-state index contributed by atoms with van der Waals surface area (Å²) in [5.41, 5.74) is 3.59. The molecule has 1 aromatic carbocycles. The van der Waals surface area contributed by atoms with Crippen LogP contribution in [0.4, 0.5) is 5.69 Å². The molecule has 0 saturated carbocycles. The molecule has 0 unspecified atom stereocenters. The van der Waals surface area contributed by atoms with Crippen LogP contribution in [0.15, 0.2) is 52.4 Å². The fraction of sp³-hybridized carbons (Fsp3) is 0. The Balaban J connectivity index is 2.07. The van der Waals surface area contributed by atoms with E-state index in [-0.39, 0.29) is 5.56 Å². The van der Waals surface area contributed by atoms with Crippen molar-refractivity contribution < 1.29 is 0 Å². The Kier molecular flexibility index (Phi) is 2.50. The van der Waals surface area contributed by atoms with Gasteiger partial charge in [0.1, 0.15) is 0 Å². The molecule has 3 N–H and O–H groups in total. The van der Waals surface area contributed by atoms with Gasteiger partial charge in [0.05, 0.1) is 16.3 Å². The van der Waals surface area contributed by atoms with Gasteiger partial charge in [-0.05, 0) is 24.3 Å². The van der Waals surface area contributed by atoms with E-state index < -0.39 is 0 Å². The Morgan fingerprint density at radius 1 is 1.05 bits per heavy atom. The van der Waals surface area contributed by atoms with Crippen LogP contribution in [-0.4, -0.2) is 21.4 Å². The molecule has 5 heteroatoms. The maximum atomic E-state index is 12.0. The van der Waals surface area contributed by atoms with Crippen molar-refractivity contribution in [2.24, 2.45) is 4.99 Å². The molecule has 5 nitrogen and oxygen atoms in total. The van der Waals surface area contributed by atoms with Gasteiger partial charge in [-0.25, -0.2) is 0 Å². The molecule has 102 valence electrons. The normalized spacial score (nSPS) is 16.5. The zero-order chi connectivity index (χ0) is 14.2. The molecular weight excluding hydrogens is 264 g/mol. The van der Waals surface area contributed by atoms with Gasteiger partial charge < -0.3 is 4.98 Å². The van der Waals surface area contributed by atoms with E-state index in [0.717, 1.165) is 27.9 Å². The van der Waals surface area contributed by atoms with E-state index >= 15 is 0 Å². The molecule has 0 aliphatic carbocycles. The van der Waals surface area contributed by atoms with E-state index in [0.29, 0.717) is 5.22 Å². The molecule has 0 atom stereocenters. The van der Waals surface area contributed by atoms with Crippen molar-refractivity contribution in [3.05, 3.63) is 74.8 Å². The first kappa shape index (κ1) is 11.7. The highest BCUT2D eigenvalue weighted by Gasteiger charge is 2.13. The number of aromatic nitrogens is 3. The fourth-order valence-corrected chi connectivity index (χ4v) is 2.52. The van der Waals surface area contributed by atoms with Gasteiger partial charge in [-0.3, -0.25) is 20.0 Å². The van der Waals surface area contributed by atoms with Crippen LogP contribution in [0, 0.1) is 0 Å². The highest BCUT2D eigenvalue weighted by atomic mass is 16.1. The van der Waals surface area contributed by atoms with Crippen LogP contribution in [-0.2, 0) is 0 Å². The van der Waals surface area contributed by atoms with Gasteiger partial charge in [-0.15, -0.1) is 0 Å². The van der Waals surface area contributed by atoms with Crippen molar-refractivity contribution in [1.82, 2.24) is 15.2 Å². The highest BCUT2D eigenvalue weighted by Crippen LogP contribution is 2.28. The number of H-pyrrole nitrogens is 3. The summed E-state index contributed by atoms with van der Waals surface area (Å²) in [5, 5.41) is 6.95. The molecule has 0 spiro atoms. The maximum Gasteiger partial charge on any atom is 0.271 e. The third-order valence-electron chi connectivity index (χ3n) is 3.53. The summed E-state index contributed by atoms with van der Waals surface area (Å²) >= 11 is 0. The lowest BCUT2D eigenvalue weighted by Gasteiger charge is -1.96. The van der Waals surface area contributed by atoms with Crippen LogP contribution >= 0.6 is 0 Å². The Labute approximate surface area is 119 Å². The van der Waals surface area contributed by atoms with Crippen LogP contribution in [0.3, 0.4) is 0 Å². The molecule has 1 aliphatic rings. The molecule has 3 aromatic rings. The third kappa shape index (κ3) is 1.87. The Morgan fingerprint density at radius 3 is 2.81 bits per heavy atom. The van der Waals surface area contributed by atoms with Crippen LogP contribution in [0.25, 0.3) is 11.6 Å². The minimum Gasteiger partial charge on any atom is -0.362 e. The number of aromatic amines is 3. The number of hydrogen-bond acceptors (Lipinski definition) is 2. The minimum atomic E-state index is -0.148. The van der Waals surface area contributed by atoms with Crippen LogP contribution in [0.5, 0.6) is 0 Å². The van der Waals surface area contributed by atoms with Crippen molar-refractivity contribution in [2.45, 2.75) is 0 Å². The van der Waals surface area contributed by atoms with Crippen LogP contribution in [0.2, 0.25) is 0 Å². The van der Waals surface area contributed by atoms with Crippen molar-refractivity contribution in [3.8, 4) is 0 Å². The van der Waals surface area contributed by atoms with E-state index in [4.69, 9.17) is 0 Å². The lowest BCUT2D eigenvalue weighted by Crippen LogP contribution is -2.35. The smallest absolute Gasteiger partial charge is 0.271 e. The zero-order valence-electron chi connectivity index (χ0n) is 11.1. The lowest BCUT2D eigenvalue weighted by atomic mass is 10.1. The molecular formula is C16H12N4O. The SMILES string of the molecule is O=c1[nH][nH]c(=C2\C=Nc3ccccc32)/c1=C\c1ccc[nH]1. The second-order valence-corrected chi connectivity index (χ2v) is 4.83. The van der Waals surface area contributed by atoms with Crippen molar-refractivity contribution in [3.63, 3.8) is 0 Å². The Bertz CT molecular complexity index is 1000. The molecule has 21 heavy (non-hydrogen) atoms. The van der Waals surface area contributed by atoms with E-state index in [9.17, 15) is 4.79 Å². The first-order valence-electron chi connectivity index (χ1n) is 6.62. The van der Waals surface area contributed by atoms with E-state index in [1.807, 2.05) is 48.7 Å². The van der Waals surface area contributed by atoms with Crippen molar-refractivity contribution >= 4 is 23.6 Å². The molecule has 0 bridgehead atoms. The number of hydrogen-bond donors (Lipinski definition) is 3. The largest absolute Gasteiger partial charge is 0.362 e. The van der Waals surface area contributed by atoms with Gasteiger partial charge >= 0.3 is 0 Å². The molecule has 0 amide bonds. The molecule has 3 heterocycles. The third-order valence-corrected chi connectivity index (χ3v) is 3.53. The van der Waals surface area contributed by atoms with Gasteiger partial charge in [0.15, 0.2) is 0 Å². The first-order valence-corrected chi connectivity index (χ1v) is 6.62. The number of rotatable bonds is 1. The average molecular weight is 276 g/mol. The molecule has 0 saturated heterocycles. The molecule has 0 radical (unpaired) electrons. The predicted molar refractivity (Wildman–Crippen MR) is 82.1 cm³/mol. The second kappa shape index (κ2) is 4.49. The summed E-state index contributed by atoms with van der Waals surface area (Å²) in [7, 11) is 0. The number of fused-ring (bicyclic) bond motifs is 1. The fourth-order valence-electron chi connectivity index (χ4n) is 2.52. The average Bonchev–Trinajstić information content (AvgIpc) is 3.21. The number of nitrogens with one attached hydrogen (secondary N) is 3. The summed E-state index contributed by atoms with van der Waals surface area (Å²) in [4.78, 5) is 19.5. The zero-order valence-corrected chi connectivity index (χ0v) is 11.1. The van der Waals surface area contributed by atoms with E-state index in [2.05, 4.69) is 20.2 Å². The van der Waals surface area contributed by atoms with Gasteiger partial charge in [0, 0.05) is 29.2 Å². The number of para-hydroxylation sites is 1.